The molecule has 0 aliphatic carbocycles. The minimum atomic E-state index is -0.384. The van der Waals surface area contributed by atoms with Crippen molar-refractivity contribution in [1.82, 2.24) is 5.32 Å². The van der Waals surface area contributed by atoms with Crippen molar-refractivity contribution < 1.29 is 13.9 Å². The summed E-state index contributed by atoms with van der Waals surface area (Å²) in [6, 6.07) is 11.4. The molecule has 122 valence electrons. The van der Waals surface area contributed by atoms with E-state index in [0.717, 1.165) is 16.9 Å². The summed E-state index contributed by atoms with van der Waals surface area (Å²) in [6.07, 6.45) is 0.685. The molecular weight excluding hydrogens is 295 g/mol. The highest BCUT2D eigenvalue weighted by molar-refractivity contribution is 5.89. The number of hydrogen-bond donors (Lipinski definition) is 2. The van der Waals surface area contributed by atoms with Gasteiger partial charge in [0.25, 0.3) is 0 Å². The summed E-state index contributed by atoms with van der Waals surface area (Å²) in [7, 11) is 0. The van der Waals surface area contributed by atoms with Crippen LogP contribution in [0.3, 0.4) is 0 Å². The van der Waals surface area contributed by atoms with Crippen molar-refractivity contribution in [3.63, 3.8) is 0 Å². The smallest absolute Gasteiger partial charge is 0.319 e. The first-order valence-electron chi connectivity index (χ1n) is 7.55. The third-order valence-corrected chi connectivity index (χ3v) is 3.34. The molecule has 0 heterocycles. The Hall–Kier alpha value is -2.56. The fourth-order valence-corrected chi connectivity index (χ4v) is 2.22. The molecule has 2 amide bonds. The standard InChI is InChI=1S/C18H21FN2O2/c1-13-6-3-7-14(2)17(13)23-11-5-10-20-18(22)21-16-9-4-8-15(19)12-16/h3-4,6-9,12H,5,10-11H2,1-2H3,(H2,20,21,22). The van der Waals surface area contributed by atoms with Gasteiger partial charge in [0.05, 0.1) is 6.61 Å². The van der Waals surface area contributed by atoms with Gasteiger partial charge in [0.1, 0.15) is 11.6 Å². The van der Waals surface area contributed by atoms with Crippen LogP contribution in [0.2, 0.25) is 0 Å². The van der Waals surface area contributed by atoms with Crippen molar-refractivity contribution in [3.8, 4) is 5.75 Å². The molecule has 0 atom stereocenters. The van der Waals surface area contributed by atoms with Gasteiger partial charge in [0.2, 0.25) is 0 Å². The van der Waals surface area contributed by atoms with Crippen LogP contribution in [0.5, 0.6) is 5.75 Å². The molecule has 0 saturated heterocycles. The molecule has 0 fully saturated rings. The molecule has 0 saturated carbocycles. The van der Waals surface area contributed by atoms with Gasteiger partial charge in [-0.1, -0.05) is 24.3 Å². The van der Waals surface area contributed by atoms with Crippen LogP contribution in [0.15, 0.2) is 42.5 Å². The minimum absolute atomic E-state index is 0.359. The number of carbonyl (C=O) groups excluding carboxylic acids is 1. The second kappa shape index (κ2) is 8.17. The van der Waals surface area contributed by atoms with Crippen LogP contribution in [0.1, 0.15) is 17.5 Å². The van der Waals surface area contributed by atoms with Crippen LogP contribution < -0.4 is 15.4 Å². The Balaban J connectivity index is 1.68. The lowest BCUT2D eigenvalue weighted by Crippen LogP contribution is -2.30. The number of carbonyl (C=O) groups is 1. The number of para-hydroxylation sites is 1. The summed E-state index contributed by atoms with van der Waals surface area (Å²) in [4.78, 5) is 11.7. The number of rotatable bonds is 6. The molecule has 2 N–H and O–H groups in total. The van der Waals surface area contributed by atoms with E-state index in [1.807, 2.05) is 32.0 Å². The first-order valence-corrected chi connectivity index (χ1v) is 7.55. The number of ether oxygens (including phenoxy) is 1. The van der Waals surface area contributed by atoms with Crippen LogP contribution in [0.25, 0.3) is 0 Å². The maximum Gasteiger partial charge on any atom is 0.319 e. The van der Waals surface area contributed by atoms with E-state index in [4.69, 9.17) is 4.74 Å². The molecule has 0 aliphatic rings. The summed E-state index contributed by atoms with van der Waals surface area (Å²) < 4.78 is 18.8. The number of urea groups is 1. The minimum Gasteiger partial charge on any atom is -0.493 e. The first-order chi connectivity index (χ1) is 11.1. The summed E-state index contributed by atoms with van der Waals surface area (Å²) in [5.41, 5.74) is 2.62. The lowest BCUT2D eigenvalue weighted by Gasteiger charge is -2.12. The van der Waals surface area contributed by atoms with Gasteiger partial charge < -0.3 is 15.4 Å². The van der Waals surface area contributed by atoms with E-state index in [0.29, 0.717) is 25.3 Å². The molecule has 0 radical (unpaired) electrons. The topological polar surface area (TPSA) is 50.4 Å². The van der Waals surface area contributed by atoms with E-state index in [1.165, 1.54) is 12.1 Å². The van der Waals surface area contributed by atoms with Crippen LogP contribution >= 0.6 is 0 Å². The normalized spacial score (nSPS) is 10.2. The second-order valence-corrected chi connectivity index (χ2v) is 5.31. The molecule has 5 heteroatoms. The zero-order valence-corrected chi connectivity index (χ0v) is 13.4. The predicted molar refractivity (Wildman–Crippen MR) is 89.4 cm³/mol. The van der Waals surface area contributed by atoms with Crippen LogP contribution in [-0.4, -0.2) is 19.2 Å². The Kier molecular flexibility index (Phi) is 5.97. The largest absolute Gasteiger partial charge is 0.493 e. The fraction of sp³-hybridized carbons (Fsp3) is 0.278. The summed E-state index contributed by atoms with van der Waals surface area (Å²) in [5.74, 6) is 0.515. The van der Waals surface area contributed by atoms with Crippen molar-refractivity contribution in [1.29, 1.82) is 0 Å². The lowest BCUT2D eigenvalue weighted by molar-refractivity contribution is 0.250. The quantitative estimate of drug-likeness (QED) is 0.790. The SMILES string of the molecule is Cc1cccc(C)c1OCCCNC(=O)Nc1cccc(F)c1. The maximum atomic E-state index is 13.0. The Morgan fingerprint density at radius 3 is 2.52 bits per heavy atom. The van der Waals surface area contributed by atoms with E-state index in [-0.39, 0.29) is 11.8 Å². The molecular formula is C18H21FN2O2. The van der Waals surface area contributed by atoms with E-state index >= 15 is 0 Å². The number of anilines is 1. The molecule has 0 spiro atoms. The Bertz CT molecular complexity index is 654. The third-order valence-electron chi connectivity index (χ3n) is 3.34. The van der Waals surface area contributed by atoms with E-state index < -0.39 is 0 Å². The van der Waals surface area contributed by atoms with Gasteiger partial charge >= 0.3 is 6.03 Å². The molecule has 2 aromatic carbocycles. The molecule has 2 aromatic rings. The Morgan fingerprint density at radius 1 is 1.13 bits per heavy atom. The number of benzene rings is 2. The first kappa shape index (κ1) is 16.8. The van der Waals surface area contributed by atoms with Crippen molar-refractivity contribution in [3.05, 3.63) is 59.4 Å². The predicted octanol–water partition coefficient (Wildman–Crippen LogP) is 4.03. The van der Waals surface area contributed by atoms with Gasteiger partial charge in [0, 0.05) is 12.2 Å². The number of halogens is 1. The van der Waals surface area contributed by atoms with E-state index in [9.17, 15) is 9.18 Å². The molecule has 0 unspecified atom stereocenters. The van der Waals surface area contributed by atoms with Gasteiger partial charge in [-0.2, -0.15) is 0 Å². The molecule has 4 nitrogen and oxygen atoms in total. The Labute approximate surface area is 135 Å². The van der Waals surface area contributed by atoms with Crippen LogP contribution in [0, 0.1) is 19.7 Å². The molecule has 23 heavy (non-hydrogen) atoms. The zero-order valence-electron chi connectivity index (χ0n) is 13.4. The van der Waals surface area contributed by atoms with Gasteiger partial charge in [-0.3, -0.25) is 0 Å². The molecule has 2 rings (SSSR count). The highest BCUT2D eigenvalue weighted by Gasteiger charge is 2.04. The van der Waals surface area contributed by atoms with E-state index in [1.54, 1.807) is 12.1 Å². The third kappa shape index (κ3) is 5.29. The fourth-order valence-electron chi connectivity index (χ4n) is 2.22. The number of nitrogens with one attached hydrogen (secondary N) is 2. The lowest BCUT2D eigenvalue weighted by atomic mass is 10.1. The average Bonchev–Trinajstić information content (AvgIpc) is 2.49. The van der Waals surface area contributed by atoms with Crippen molar-refractivity contribution in [2.24, 2.45) is 0 Å². The zero-order chi connectivity index (χ0) is 16.7. The summed E-state index contributed by atoms with van der Waals surface area (Å²) in [6.45, 7) is 5.01. The van der Waals surface area contributed by atoms with Gasteiger partial charge in [-0.05, 0) is 49.6 Å². The van der Waals surface area contributed by atoms with Crippen molar-refractivity contribution in [2.45, 2.75) is 20.3 Å². The average molecular weight is 316 g/mol. The van der Waals surface area contributed by atoms with E-state index in [2.05, 4.69) is 10.6 Å². The second-order valence-electron chi connectivity index (χ2n) is 5.31. The maximum absolute atomic E-state index is 13.0. The Morgan fingerprint density at radius 2 is 1.83 bits per heavy atom. The van der Waals surface area contributed by atoms with Gasteiger partial charge in [-0.25, -0.2) is 9.18 Å². The number of hydrogen-bond acceptors (Lipinski definition) is 2. The number of amides is 2. The molecule has 0 aliphatic heterocycles. The van der Waals surface area contributed by atoms with Gasteiger partial charge in [-0.15, -0.1) is 0 Å². The van der Waals surface area contributed by atoms with Crippen molar-refractivity contribution >= 4 is 11.7 Å². The highest BCUT2D eigenvalue weighted by atomic mass is 19.1. The van der Waals surface area contributed by atoms with Crippen LogP contribution in [-0.2, 0) is 0 Å². The highest BCUT2D eigenvalue weighted by Crippen LogP contribution is 2.22. The summed E-state index contributed by atoms with van der Waals surface area (Å²) in [5, 5.41) is 5.29. The summed E-state index contributed by atoms with van der Waals surface area (Å²) >= 11 is 0. The molecule has 0 bridgehead atoms. The van der Waals surface area contributed by atoms with Crippen LogP contribution in [0.4, 0.5) is 14.9 Å². The monoisotopic (exact) mass is 316 g/mol. The number of aryl methyl sites for hydroxylation is 2. The van der Waals surface area contributed by atoms with Gasteiger partial charge in [0.15, 0.2) is 0 Å². The molecule has 0 aromatic heterocycles. The van der Waals surface area contributed by atoms with Crippen molar-refractivity contribution in [2.75, 3.05) is 18.5 Å².